The Labute approximate surface area is 680 Å². The number of aryl methyl sites for hydroxylation is 1. The Balaban J connectivity index is 0.000000145. The first-order valence-electron chi connectivity index (χ1n) is 35.0. The first-order chi connectivity index (χ1) is 56.4. The van der Waals surface area contributed by atoms with Crippen molar-refractivity contribution < 1.29 is 87.8 Å². The number of hydrogen-bond acceptors (Lipinski definition) is 0. The predicted octanol–water partition coefficient (Wildman–Crippen LogP) is 28.2. The van der Waals surface area contributed by atoms with E-state index in [2.05, 4.69) is 0 Å². The number of hydrogen-bond donors (Lipinski definition) is 0. The lowest BCUT2D eigenvalue weighted by Crippen LogP contribution is -2.09. The summed E-state index contributed by atoms with van der Waals surface area (Å²) in [5.74, 6) is -10.6. The molecule has 15 aromatic carbocycles. The maximum absolute atomic E-state index is 14.2. The lowest BCUT2D eigenvalue weighted by atomic mass is 10.2. The molecule has 0 radical (unpaired) electrons. The van der Waals surface area contributed by atoms with Crippen LogP contribution >= 0.6 is 0 Å². The van der Waals surface area contributed by atoms with Gasteiger partial charge in [0.05, 0.1) is 54.7 Å². The van der Waals surface area contributed by atoms with E-state index in [0.717, 1.165) is 115 Å². The van der Waals surface area contributed by atoms with Crippen LogP contribution in [0.4, 0.5) is 87.8 Å². The summed E-state index contributed by atoms with van der Waals surface area (Å²) in [6.07, 6.45) is -8.90. The Kier molecular flexibility index (Phi) is 29.8. The monoisotopic (exact) mass is 1720 g/mol. The quantitative estimate of drug-likeness (QED) is 0.0709. The van der Waals surface area contributed by atoms with E-state index in [1.807, 2.05) is 153 Å². The van der Waals surface area contributed by atoms with Gasteiger partial charge in [0.25, 0.3) is 0 Å². The van der Waals surface area contributed by atoms with Gasteiger partial charge in [-0.15, -0.1) is 0 Å². The van der Waals surface area contributed by atoms with Crippen LogP contribution < -0.4 is 0 Å². The third-order valence-electron chi connectivity index (χ3n) is 16.5. The molecule has 0 heterocycles. The molecule has 15 aromatic rings. The summed E-state index contributed by atoms with van der Waals surface area (Å²) < 4.78 is 268. The van der Waals surface area contributed by atoms with Crippen LogP contribution in [-0.2, 0) is 66.8 Å². The highest BCUT2D eigenvalue weighted by atomic mass is 32.2. The van der Waals surface area contributed by atoms with E-state index in [1.54, 1.807) is 30.3 Å². The van der Waals surface area contributed by atoms with Gasteiger partial charge in [-0.2, -0.15) is 26.3 Å². The van der Waals surface area contributed by atoms with Gasteiger partial charge in [-0.05, 0) is 134 Å². The molecule has 0 aromatic heterocycles. The smallest absolute Gasteiger partial charge is 0.207 e. The fourth-order valence-corrected chi connectivity index (χ4v) is 22.2. The zero-order valence-corrected chi connectivity index (χ0v) is 65.2. The number of benzene rings is 15. The highest BCUT2D eigenvalue weighted by Gasteiger charge is 2.39. The molecule has 0 saturated carbocycles. The van der Waals surface area contributed by atoms with Gasteiger partial charge in [-0.25, -0.2) is 61.5 Å². The molecule has 25 heteroatoms. The summed E-state index contributed by atoms with van der Waals surface area (Å²) in [5.41, 5.74) is -0.528. The summed E-state index contributed by atoms with van der Waals surface area (Å²) >= 11 is 0. The van der Waals surface area contributed by atoms with E-state index in [9.17, 15) is 87.8 Å². The van der Waals surface area contributed by atoms with Crippen LogP contribution in [0.1, 0.15) is 16.7 Å². The highest BCUT2D eigenvalue weighted by molar-refractivity contribution is 7.98. The van der Waals surface area contributed by atoms with Crippen LogP contribution in [0.25, 0.3) is 0 Å². The van der Waals surface area contributed by atoms with Crippen molar-refractivity contribution in [2.24, 2.45) is 0 Å². The van der Waals surface area contributed by atoms with Gasteiger partial charge in [0.1, 0.15) is 86.5 Å². The topological polar surface area (TPSA) is 0 Å². The molecule has 0 spiro atoms. The van der Waals surface area contributed by atoms with Gasteiger partial charge in [0.15, 0.2) is 74.4 Å². The molecular formula is C93H61F20S5+5. The fraction of sp³-hybridized carbons (Fsp3) is 0.0323. The number of rotatable bonds is 15. The minimum atomic E-state index is -4.45. The summed E-state index contributed by atoms with van der Waals surface area (Å²) in [6.45, 7) is 1.90. The molecule has 598 valence electrons. The summed E-state index contributed by atoms with van der Waals surface area (Å²) in [5, 5.41) is 0. The van der Waals surface area contributed by atoms with Gasteiger partial charge in [-0.1, -0.05) is 109 Å². The lowest BCUT2D eigenvalue weighted by molar-refractivity contribution is -0.138. The van der Waals surface area contributed by atoms with Crippen LogP contribution in [0, 0.1) is 88.4 Å². The van der Waals surface area contributed by atoms with Crippen molar-refractivity contribution in [2.45, 2.75) is 92.7 Å². The number of alkyl halides is 6. The van der Waals surface area contributed by atoms with Crippen molar-refractivity contribution in [1.29, 1.82) is 0 Å². The van der Waals surface area contributed by atoms with Gasteiger partial charge in [0, 0.05) is 121 Å². The van der Waals surface area contributed by atoms with Gasteiger partial charge in [0.2, 0.25) is 4.90 Å². The summed E-state index contributed by atoms with van der Waals surface area (Å²) in [4.78, 5) is 8.57. The lowest BCUT2D eigenvalue weighted by Gasteiger charge is -2.11. The van der Waals surface area contributed by atoms with Gasteiger partial charge < -0.3 is 0 Å². The Morgan fingerprint density at radius 1 is 0.169 bits per heavy atom. The zero-order chi connectivity index (χ0) is 84.4. The summed E-state index contributed by atoms with van der Waals surface area (Å²) in [6, 6.07) is 86.2. The van der Waals surface area contributed by atoms with E-state index >= 15 is 0 Å². The van der Waals surface area contributed by atoms with E-state index in [0.29, 0.717) is 52.5 Å². The summed E-state index contributed by atoms with van der Waals surface area (Å²) in [7, 11) is -4.45. The van der Waals surface area contributed by atoms with E-state index in [1.165, 1.54) is 72.8 Å². The largest absolute Gasteiger partial charge is 0.416 e. The van der Waals surface area contributed by atoms with Crippen LogP contribution in [0.2, 0.25) is 0 Å². The van der Waals surface area contributed by atoms with E-state index < -0.39 is 159 Å². The molecule has 118 heavy (non-hydrogen) atoms. The standard InChI is InChI=1S/C21H15F6S.C18H9F6S.C18H11F4S.2C18H13F2S/c1-14-2-8-17(9-3-14)28(18-10-4-15(5-11-18)20(22,23)24)19-12-6-16(7-13-19)21(25,26)27;19-10-1-11(20)5-16(4-10)25(17-6-12(21)2-13(22)7-17)18-8-14(23)3-15(24)9-18;19-12-6-13(20)9-17(8-12)23(16-4-2-1-3-5-16)18-10-14(21)7-15(22)11-18;19-14-11-15(20)13-18(12-14)21(16-7-3-1-4-8-16)17-9-5-2-6-10-17;19-14-11-12-18(17(20)13-14)21(15-7-3-1-4-8-15)16-9-5-2-6-10-16/h2-13H,1H3;1-9H;1-11H;2*1-13H/q5*+1. The Morgan fingerprint density at radius 3 is 0.576 bits per heavy atom. The maximum Gasteiger partial charge on any atom is 0.416 e. The van der Waals surface area contributed by atoms with Crippen LogP contribution in [-0.4, -0.2) is 0 Å². The second kappa shape index (κ2) is 40.2. The van der Waals surface area contributed by atoms with Crippen molar-refractivity contribution in [3.8, 4) is 0 Å². The molecule has 0 aliphatic rings. The normalized spacial score (nSPS) is 11.3. The van der Waals surface area contributed by atoms with Crippen LogP contribution in [0.15, 0.2) is 425 Å². The first kappa shape index (κ1) is 87.5. The van der Waals surface area contributed by atoms with Crippen molar-refractivity contribution in [1.82, 2.24) is 0 Å². The predicted molar refractivity (Wildman–Crippen MR) is 422 cm³/mol. The molecule has 0 bridgehead atoms. The van der Waals surface area contributed by atoms with Crippen molar-refractivity contribution in [3.63, 3.8) is 0 Å². The third-order valence-corrected chi connectivity index (χ3v) is 27.5. The van der Waals surface area contributed by atoms with Gasteiger partial charge >= 0.3 is 12.4 Å². The molecular weight excluding hydrogens is 1660 g/mol. The molecule has 0 saturated heterocycles. The minimum absolute atomic E-state index is 0.00694. The van der Waals surface area contributed by atoms with E-state index in [4.69, 9.17) is 0 Å². The molecule has 0 nitrogen and oxygen atoms in total. The van der Waals surface area contributed by atoms with Crippen molar-refractivity contribution >= 4 is 54.5 Å². The minimum Gasteiger partial charge on any atom is -0.207 e. The van der Waals surface area contributed by atoms with E-state index in [-0.39, 0.29) is 14.7 Å². The molecule has 0 amide bonds. The Bertz CT molecular complexity index is 5390. The van der Waals surface area contributed by atoms with Crippen LogP contribution in [0.3, 0.4) is 0 Å². The molecule has 0 unspecified atom stereocenters. The Morgan fingerprint density at radius 2 is 0.356 bits per heavy atom. The third kappa shape index (κ3) is 24.2. The zero-order valence-electron chi connectivity index (χ0n) is 61.1. The first-order valence-corrected chi connectivity index (χ1v) is 41.1. The molecule has 0 aliphatic heterocycles. The molecule has 0 atom stereocenters. The second-order valence-corrected chi connectivity index (χ2v) is 35.3. The Hall–Kier alpha value is -11.4. The molecule has 0 aliphatic carbocycles. The average molecular weight is 1720 g/mol. The maximum atomic E-state index is 14.2. The van der Waals surface area contributed by atoms with Crippen LogP contribution in [0.5, 0.6) is 0 Å². The SMILES string of the molecule is Cc1ccc([S+](c2ccc(C(F)(F)F)cc2)c2ccc(C(F)(F)F)cc2)cc1.Fc1cc(F)cc([S+](c2cc(F)cc(F)c2)c2cc(F)cc(F)c2)c1.Fc1cc(F)cc([S+](c2ccccc2)c2cc(F)cc(F)c2)c1.Fc1cc(F)cc([S+](c2ccccc2)c2ccccc2)c1.Fc1ccc([S+](c2ccccc2)c2ccccc2)c(F)c1. The second-order valence-electron chi connectivity index (χ2n) is 25.2. The van der Waals surface area contributed by atoms with Gasteiger partial charge in [-0.3, -0.25) is 0 Å². The molecule has 0 N–H and O–H groups in total. The highest BCUT2D eigenvalue weighted by Crippen LogP contribution is 2.41. The number of halogens is 20. The fourth-order valence-electron chi connectivity index (χ4n) is 11.6. The van der Waals surface area contributed by atoms with Crippen molar-refractivity contribution in [2.75, 3.05) is 0 Å². The van der Waals surface area contributed by atoms with Crippen molar-refractivity contribution in [3.05, 3.63) is 450 Å². The average Bonchev–Trinajstić information content (AvgIpc) is 0.770. The molecule has 15 rings (SSSR count). The molecule has 0 fully saturated rings.